The molecule has 0 bridgehead atoms. The molecule has 1 aliphatic heterocycles. The zero-order chi connectivity index (χ0) is 18.6. The summed E-state index contributed by atoms with van der Waals surface area (Å²) in [5.74, 6) is 1.81. The van der Waals surface area contributed by atoms with Gasteiger partial charge in [-0.2, -0.15) is 0 Å². The van der Waals surface area contributed by atoms with E-state index >= 15 is 0 Å². The molecule has 0 radical (unpaired) electrons. The number of aryl methyl sites for hydroxylation is 2. The highest BCUT2D eigenvalue weighted by Gasteiger charge is 2.16. The summed E-state index contributed by atoms with van der Waals surface area (Å²) in [4.78, 5) is 17.2. The van der Waals surface area contributed by atoms with Crippen molar-refractivity contribution in [3.05, 3.63) is 60.6 Å². The van der Waals surface area contributed by atoms with Crippen LogP contribution in [-0.2, 0) is 13.0 Å². The number of nitrogens with one attached hydrogen (secondary N) is 2. The molecule has 2 amide bonds. The van der Waals surface area contributed by atoms with Crippen LogP contribution in [0.15, 0.2) is 54.7 Å². The van der Waals surface area contributed by atoms with Crippen LogP contribution < -0.4 is 15.4 Å². The van der Waals surface area contributed by atoms with E-state index in [9.17, 15) is 4.79 Å². The molecule has 0 atom stereocenters. The molecule has 138 valence electrons. The van der Waals surface area contributed by atoms with Crippen LogP contribution in [0.25, 0.3) is 11.3 Å². The van der Waals surface area contributed by atoms with Gasteiger partial charge in [0.1, 0.15) is 11.6 Å². The lowest BCUT2D eigenvalue weighted by Gasteiger charge is -2.12. The van der Waals surface area contributed by atoms with E-state index < -0.39 is 0 Å². The van der Waals surface area contributed by atoms with Crippen LogP contribution in [0.3, 0.4) is 0 Å². The predicted molar refractivity (Wildman–Crippen MR) is 106 cm³/mol. The summed E-state index contributed by atoms with van der Waals surface area (Å²) in [6.45, 7) is 1.01. The van der Waals surface area contributed by atoms with Gasteiger partial charge in [0.2, 0.25) is 0 Å². The minimum atomic E-state index is -0.306. The van der Waals surface area contributed by atoms with Crippen molar-refractivity contribution in [2.45, 2.75) is 25.8 Å². The number of methoxy groups -OCH3 is 1. The van der Waals surface area contributed by atoms with Gasteiger partial charge in [0.25, 0.3) is 0 Å². The highest BCUT2D eigenvalue weighted by atomic mass is 16.5. The molecule has 0 fully saturated rings. The number of hydrogen-bond acceptors (Lipinski definition) is 3. The first-order valence-electron chi connectivity index (χ1n) is 9.10. The molecular formula is C21H22N4O2. The number of ether oxygens (including phenoxy) is 1. The van der Waals surface area contributed by atoms with Crippen molar-refractivity contribution in [3.8, 4) is 17.0 Å². The number of amides is 2. The van der Waals surface area contributed by atoms with Gasteiger partial charge in [-0.05, 0) is 31.0 Å². The molecule has 6 nitrogen and oxygen atoms in total. The monoisotopic (exact) mass is 362 g/mol. The average Bonchev–Trinajstić information content (AvgIpc) is 3.12. The highest BCUT2D eigenvalue weighted by molar-refractivity contribution is 6.02. The van der Waals surface area contributed by atoms with Gasteiger partial charge in [-0.15, -0.1) is 0 Å². The first kappa shape index (κ1) is 17.1. The van der Waals surface area contributed by atoms with E-state index in [1.165, 1.54) is 12.8 Å². The van der Waals surface area contributed by atoms with Crippen molar-refractivity contribution >= 4 is 17.4 Å². The second-order valence-corrected chi connectivity index (χ2v) is 6.55. The first-order chi connectivity index (χ1) is 13.2. The highest BCUT2D eigenvalue weighted by Crippen LogP contribution is 2.29. The Kier molecular flexibility index (Phi) is 4.78. The lowest BCUT2D eigenvalue weighted by atomic mass is 10.1. The Bertz CT molecular complexity index is 941. The molecule has 1 aromatic heterocycles. The summed E-state index contributed by atoms with van der Waals surface area (Å²) in [7, 11) is 1.60. The van der Waals surface area contributed by atoms with E-state index in [2.05, 4.69) is 21.4 Å². The van der Waals surface area contributed by atoms with Gasteiger partial charge in [0, 0.05) is 36.5 Å². The third-order valence-corrected chi connectivity index (χ3v) is 4.69. The quantitative estimate of drug-likeness (QED) is 0.716. The molecule has 3 aromatic rings. The van der Waals surface area contributed by atoms with E-state index in [0.29, 0.717) is 11.4 Å². The van der Waals surface area contributed by atoms with Gasteiger partial charge in [-0.3, -0.25) is 0 Å². The van der Waals surface area contributed by atoms with Gasteiger partial charge in [-0.25, -0.2) is 9.78 Å². The number of aromatic nitrogens is 2. The Morgan fingerprint density at radius 2 is 2.00 bits per heavy atom. The van der Waals surface area contributed by atoms with E-state index in [0.717, 1.165) is 35.7 Å². The number of rotatable bonds is 4. The number of carbonyl (C=O) groups is 1. The Hall–Kier alpha value is -3.28. The molecule has 6 heteroatoms. The van der Waals surface area contributed by atoms with Crippen molar-refractivity contribution in [2.24, 2.45) is 0 Å². The molecule has 2 aromatic carbocycles. The van der Waals surface area contributed by atoms with Gasteiger partial charge >= 0.3 is 6.03 Å². The summed E-state index contributed by atoms with van der Waals surface area (Å²) in [5, 5.41) is 5.77. The third-order valence-electron chi connectivity index (χ3n) is 4.69. The number of benzene rings is 2. The maximum Gasteiger partial charge on any atom is 0.323 e. The Morgan fingerprint density at radius 3 is 2.85 bits per heavy atom. The SMILES string of the molecule is COc1cccc(NC(=O)Nc2ccccc2-c2cn3c(n2)CCCC3)c1. The fourth-order valence-corrected chi connectivity index (χ4v) is 3.34. The zero-order valence-electron chi connectivity index (χ0n) is 15.2. The third kappa shape index (κ3) is 3.79. The summed E-state index contributed by atoms with van der Waals surface area (Å²) < 4.78 is 7.40. The molecule has 0 spiro atoms. The summed E-state index contributed by atoms with van der Waals surface area (Å²) in [6.07, 6.45) is 5.45. The number of para-hydroxylation sites is 1. The molecule has 27 heavy (non-hydrogen) atoms. The molecule has 0 saturated heterocycles. The number of carbonyl (C=O) groups excluding carboxylic acids is 1. The smallest absolute Gasteiger partial charge is 0.323 e. The predicted octanol–water partition coefficient (Wildman–Crippen LogP) is 4.54. The van der Waals surface area contributed by atoms with Crippen LogP contribution in [0.5, 0.6) is 5.75 Å². The molecule has 0 unspecified atom stereocenters. The minimum absolute atomic E-state index is 0.306. The fourth-order valence-electron chi connectivity index (χ4n) is 3.34. The van der Waals surface area contributed by atoms with Crippen LogP contribution in [0, 0.1) is 0 Å². The number of anilines is 2. The Labute approximate surface area is 158 Å². The molecule has 1 aliphatic rings. The van der Waals surface area contributed by atoms with Crippen molar-refractivity contribution < 1.29 is 9.53 Å². The van der Waals surface area contributed by atoms with Crippen LogP contribution in [0.2, 0.25) is 0 Å². The second kappa shape index (κ2) is 7.53. The maximum absolute atomic E-state index is 12.5. The number of nitrogens with zero attached hydrogens (tertiary/aromatic N) is 2. The summed E-state index contributed by atoms with van der Waals surface area (Å²) in [5.41, 5.74) is 3.21. The number of fused-ring (bicyclic) bond motifs is 1. The molecular weight excluding hydrogens is 340 g/mol. The lowest BCUT2D eigenvalue weighted by Crippen LogP contribution is -2.19. The normalized spacial score (nSPS) is 12.9. The van der Waals surface area contributed by atoms with Gasteiger partial charge in [-0.1, -0.05) is 24.3 Å². The number of urea groups is 1. The Balaban J connectivity index is 1.54. The van der Waals surface area contributed by atoms with Gasteiger partial charge in [0.15, 0.2) is 0 Å². The average molecular weight is 362 g/mol. The van der Waals surface area contributed by atoms with Gasteiger partial charge < -0.3 is 19.9 Å². The van der Waals surface area contributed by atoms with Crippen LogP contribution in [0.1, 0.15) is 18.7 Å². The zero-order valence-corrected chi connectivity index (χ0v) is 15.2. The molecule has 2 N–H and O–H groups in total. The van der Waals surface area contributed by atoms with Gasteiger partial charge in [0.05, 0.1) is 18.5 Å². The first-order valence-corrected chi connectivity index (χ1v) is 9.10. The topological polar surface area (TPSA) is 68.2 Å². The van der Waals surface area contributed by atoms with E-state index in [1.807, 2.05) is 42.5 Å². The molecule has 2 heterocycles. The van der Waals surface area contributed by atoms with Crippen molar-refractivity contribution in [2.75, 3.05) is 17.7 Å². The van der Waals surface area contributed by atoms with E-state index in [-0.39, 0.29) is 6.03 Å². The molecule has 0 saturated carbocycles. The molecule has 0 aliphatic carbocycles. The summed E-state index contributed by atoms with van der Waals surface area (Å²) >= 11 is 0. The second-order valence-electron chi connectivity index (χ2n) is 6.55. The standard InChI is InChI=1S/C21H22N4O2/c1-27-16-8-6-7-15(13-16)22-21(26)24-18-10-3-2-9-17(18)19-14-25-12-5-4-11-20(25)23-19/h2-3,6-10,13-14H,4-5,11-12H2,1H3,(H2,22,24,26). The van der Waals surface area contributed by atoms with Crippen LogP contribution >= 0.6 is 0 Å². The van der Waals surface area contributed by atoms with E-state index in [4.69, 9.17) is 9.72 Å². The Morgan fingerprint density at radius 1 is 1.11 bits per heavy atom. The van der Waals surface area contributed by atoms with Crippen LogP contribution in [0.4, 0.5) is 16.2 Å². The lowest BCUT2D eigenvalue weighted by molar-refractivity contribution is 0.262. The van der Waals surface area contributed by atoms with E-state index in [1.54, 1.807) is 13.2 Å². The van der Waals surface area contributed by atoms with Crippen LogP contribution in [-0.4, -0.2) is 22.7 Å². The largest absolute Gasteiger partial charge is 0.497 e. The van der Waals surface area contributed by atoms with Crippen molar-refractivity contribution in [3.63, 3.8) is 0 Å². The minimum Gasteiger partial charge on any atom is -0.497 e. The number of imidazole rings is 1. The summed E-state index contributed by atoms with van der Waals surface area (Å²) in [6, 6.07) is 14.7. The number of hydrogen-bond donors (Lipinski definition) is 2. The molecule has 4 rings (SSSR count). The van der Waals surface area contributed by atoms with Crippen molar-refractivity contribution in [1.82, 2.24) is 9.55 Å². The van der Waals surface area contributed by atoms with Crippen molar-refractivity contribution in [1.29, 1.82) is 0 Å². The fraction of sp³-hybridized carbons (Fsp3) is 0.238. The maximum atomic E-state index is 12.5.